The molecule has 0 bridgehead atoms. The van der Waals surface area contributed by atoms with E-state index in [1.165, 1.54) is 0 Å². The molecule has 0 radical (unpaired) electrons. The summed E-state index contributed by atoms with van der Waals surface area (Å²) in [5.41, 5.74) is 1.89. The second kappa shape index (κ2) is 7.96. The van der Waals surface area contributed by atoms with Crippen LogP contribution < -0.4 is 9.47 Å². The molecule has 2 aromatic rings. The van der Waals surface area contributed by atoms with Crippen LogP contribution in [0.5, 0.6) is 11.6 Å². The van der Waals surface area contributed by atoms with Crippen LogP contribution in [0.1, 0.15) is 24.1 Å². The lowest BCUT2D eigenvalue weighted by Crippen LogP contribution is -2.43. The number of aryl methyl sites for hydroxylation is 2. The molecule has 25 heavy (non-hydrogen) atoms. The molecule has 2 heterocycles. The Morgan fingerprint density at radius 3 is 2.56 bits per heavy atom. The van der Waals surface area contributed by atoms with E-state index in [9.17, 15) is 4.79 Å². The Bertz CT molecular complexity index is 710. The van der Waals surface area contributed by atoms with Crippen molar-refractivity contribution in [3.05, 3.63) is 47.7 Å². The lowest BCUT2D eigenvalue weighted by Gasteiger charge is -2.31. The number of carbonyl (C=O) groups excluding carboxylic acids is 1. The van der Waals surface area contributed by atoms with E-state index in [4.69, 9.17) is 9.47 Å². The molecule has 1 aliphatic heterocycles. The highest BCUT2D eigenvalue weighted by Crippen LogP contribution is 2.19. The van der Waals surface area contributed by atoms with Gasteiger partial charge in [0.15, 0.2) is 6.61 Å². The predicted octanol–water partition coefficient (Wildman–Crippen LogP) is 2.54. The third kappa shape index (κ3) is 4.68. The van der Waals surface area contributed by atoms with Crippen molar-refractivity contribution in [3.8, 4) is 11.6 Å². The van der Waals surface area contributed by atoms with Gasteiger partial charge in [-0.15, -0.1) is 5.10 Å². The number of ether oxygens (including phenoxy) is 2. The first-order chi connectivity index (χ1) is 12.1. The summed E-state index contributed by atoms with van der Waals surface area (Å²) in [5, 5.41) is 8.02. The van der Waals surface area contributed by atoms with Crippen LogP contribution in [0.3, 0.4) is 0 Å². The summed E-state index contributed by atoms with van der Waals surface area (Å²) >= 11 is 0. The van der Waals surface area contributed by atoms with E-state index in [1.54, 1.807) is 0 Å². The molecular formula is C19H23N3O3. The Morgan fingerprint density at radius 2 is 1.88 bits per heavy atom. The standard InChI is InChI=1S/C19H23N3O3/c1-14-5-3-4-6-17(14)24-13-19(23)22-11-9-16(10-12-22)25-18-8-7-15(2)20-21-18/h3-8,16H,9-13H2,1-2H3. The molecule has 1 saturated heterocycles. The van der Waals surface area contributed by atoms with Crippen molar-refractivity contribution in [2.45, 2.75) is 32.8 Å². The van der Waals surface area contributed by atoms with E-state index in [0.29, 0.717) is 19.0 Å². The molecule has 0 spiro atoms. The van der Waals surface area contributed by atoms with E-state index < -0.39 is 0 Å². The number of rotatable bonds is 5. The van der Waals surface area contributed by atoms with Crippen LogP contribution >= 0.6 is 0 Å². The first-order valence-corrected chi connectivity index (χ1v) is 8.55. The van der Waals surface area contributed by atoms with E-state index >= 15 is 0 Å². The maximum absolute atomic E-state index is 12.3. The number of hydrogen-bond donors (Lipinski definition) is 0. The highest BCUT2D eigenvalue weighted by Gasteiger charge is 2.24. The summed E-state index contributed by atoms with van der Waals surface area (Å²) in [6.07, 6.45) is 1.63. The Labute approximate surface area is 147 Å². The van der Waals surface area contributed by atoms with Crippen LogP contribution in [0.25, 0.3) is 0 Å². The topological polar surface area (TPSA) is 64.5 Å². The van der Waals surface area contributed by atoms with E-state index in [-0.39, 0.29) is 18.6 Å². The van der Waals surface area contributed by atoms with Crippen LogP contribution in [0.2, 0.25) is 0 Å². The fourth-order valence-electron chi connectivity index (χ4n) is 2.79. The molecule has 6 heteroatoms. The highest BCUT2D eigenvalue weighted by atomic mass is 16.5. The molecule has 1 aromatic heterocycles. The van der Waals surface area contributed by atoms with Gasteiger partial charge in [-0.1, -0.05) is 18.2 Å². The summed E-state index contributed by atoms with van der Waals surface area (Å²) in [6.45, 7) is 5.26. The number of hydrogen-bond acceptors (Lipinski definition) is 5. The molecule has 0 aliphatic carbocycles. The van der Waals surface area contributed by atoms with Gasteiger partial charge in [-0.2, -0.15) is 5.10 Å². The number of amides is 1. The number of para-hydroxylation sites is 1. The number of aromatic nitrogens is 2. The van der Waals surface area contributed by atoms with Gasteiger partial charge in [0.1, 0.15) is 11.9 Å². The van der Waals surface area contributed by atoms with Crippen molar-refractivity contribution in [1.29, 1.82) is 0 Å². The zero-order valence-corrected chi connectivity index (χ0v) is 14.6. The minimum absolute atomic E-state index is 0.0110. The van der Waals surface area contributed by atoms with Gasteiger partial charge in [0.05, 0.1) is 5.69 Å². The maximum Gasteiger partial charge on any atom is 0.260 e. The zero-order valence-electron chi connectivity index (χ0n) is 14.6. The monoisotopic (exact) mass is 341 g/mol. The van der Waals surface area contributed by atoms with Crippen molar-refractivity contribution in [2.24, 2.45) is 0 Å². The predicted molar refractivity (Wildman–Crippen MR) is 93.7 cm³/mol. The summed E-state index contributed by atoms with van der Waals surface area (Å²) < 4.78 is 11.5. The van der Waals surface area contributed by atoms with E-state index in [2.05, 4.69) is 10.2 Å². The molecule has 0 unspecified atom stereocenters. The first-order valence-electron chi connectivity index (χ1n) is 8.55. The van der Waals surface area contributed by atoms with Crippen LogP contribution in [-0.2, 0) is 4.79 Å². The summed E-state index contributed by atoms with van der Waals surface area (Å²) in [7, 11) is 0. The Hall–Kier alpha value is -2.63. The van der Waals surface area contributed by atoms with Crippen LogP contribution in [0, 0.1) is 13.8 Å². The average Bonchev–Trinajstić information content (AvgIpc) is 2.63. The van der Waals surface area contributed by atoms with Crippen molar-refractivity contribution in [3.63, 3.8) is 0 Å². The fraction of sp³-hybridized carbons (Fsp3) is 0.421. The smallest absolute Gasteiger partial charge is 0.260 e. The van der Waals surface area contributed by atoms with Gasteiger partial charge >= 0.3 is 0 Å². The fourth-order valence-corrected chi connectivity index (χ4v) is 2.79. The minimum atomic E-state index is 0.0110. The first kappa shape index (κ1) is 17.2. The number of likely N-dealkylation sites (tertiary alicyclic amines) is 1. The summed E-state index contributed by atoms with van der Waals surface area (Å²) in [6, 6.07) is 11.4. The highest BCUT2D eigenvalue weighted by molar-refractivity contribution is 5.77. The van der Waals surface area contributed by atoms with Gasteiger partial charge in [0.2, 0.25) is 5.88 Å². The van der Waals surface area contributed by atoms with Crippen molar-refractivity contribution in [2.75, 3.05) is 19.7 Å². The molecule has 0 atom stereocenters. The molecule has 1 fully saturated rings. The largest absolute Gasteiger partial charge is 0.484 e. The SMILES string of the molecule is Cc1ccc(OC2CCN(C(=O)COc3ccccc3C)CC2)nn1. The molecule has 6 nitrogen and oxygen atoms in total. The second-order valence-corrected chi connectivity index (χ2v) is 6.27. The molecule has 0 N–H and O–H groups in total. The average molecular weight is 341 g/mol. The van der Waals surface area contributed by atoms with Gasteiger partial charge in [0.25, 0.3) is 5.91 Å². The zero-order chi connectivity index (χ0) is 17.6. The van der Waals surface area contributed by atoms with Gasteiger partial charge in [0, 0.05) is 32.0 Å². The molecule has 3 rings (SSSR count). The van der Waals surface area contributed by atoms with Gasteiger partial charge in [-0.3, -0.25) is 4.79 Å². The minimum Gasteiger partial charge on any atom is -0.484 e. The lowest BCUT2D eigenvalue weighted by molar-refractivity contribution is -0.135. The second-order valence-electron chi connectivity index (χ2n) is 6.27. The van der Waals surface area contributed by atoms with Crippen LogP contribution in [0.4, 0.5) is 0 Å². The number of piperidine rings is 1. The Morgan fingerprint density at radius 1 is 1.12 bits per heavy atom. The van der Waals surface area contributed by atoms with Gasteiger partial charge in [-0.25, -0.2) is 0 Å². The quantitative estimate of drug-likeness (QED) is 0.836. The van der Waals surface area contributed by atoms with Crippen molar-refractivity contribution >= 4 is 5.91 Å². The maximum atomic E-state index is 12.3. The molecule has 132 valence electrons. The third-order valence-electron chi connectivity index (χ3n) is 4.30. The van der Waals surface area contributed by atoms with Gasteiger partial charge in [-0.05, 0) is 31.5 Å². The normalized spacial score (nSPS) is 15.0. The van der Waals surface area contributed by atoms with E-state index in [0.717, 1.165) is 29.8 Å². The van der Waals surface area contributed by atoms with Crippen LogP contribution in [-0.4, -0.2) is 46.8 Å². The Kier molecular flexibility index (Phi) is 5.48. The summed E-state index contributed by atoms with van der Waals surface area (Å²) in [4.78, 5) is 14.2. The third-order valence-corrected chi connectivity index (χ3v) is 4.30. The number of carbonyl (C=O) groups is 1. The number of nitrogens with zero attached hydrogens (tertiary/aromatic N) is 3. The van der Waals surface area contributed by atoms with E-state index in [1.807, 2.05) is 55.1 Å². The molecule has 1 amide bonds. The molecule has 0 saturated carbocycles. The lowest BCUT2D eigenvalue weighted by atomic mass is 10.1. The van der Waals surface area contributed by atoms with Crippen molar-refractivity contribution < 1.29 is 14.3 Å². The van der Waals surface area contributed by atoms with Crippen molar-refractivity contribution in [1.82, 2.24) is 15.1 Å². The molecule has 1 aliphatic rings. The Balaban J connectivity index is 1.44. The molecular weight excluding hydrogens is 318 g/mol. The summed E-state index contributed by atoms with van der Waals surface area (Å²) in [5.74, 6) is 1.31. The van der Waals surface area contributed by atoms with Gasteiger partial charge < -0.3 is 14.4 Å². The van der Waals surface area contributed by atoms with Crippen LogP contribution in [0.15, 0.2) is 36.4 Å². The molecule has 1 aromatic carbocycles. The number of benzene rings is 1.